The largest absolute Gasteiger partial charge is 0.497 e. The number of benzene rings is 2. The molecule has 6 heterocycles. The molecule has 68 heavy (non-hydrogen) atoms. The van der Waals surface area contributed by atoms with Gasteiger partial charge < -0.3 is 49.1 Å². The molecule has 10 rings (SSSR count). The van der Waals surface area contributed by atoms with Gasteiger partial charge in [0.25, 0.3) is 0 Å². The number of rotatable bonds is 10. The number of likely N-dealkylation sites (tertiary alicyclic amines) is 1. The number of H-pyrrole nitrogens is 1. The maximum atomic E-state index is 15.7. The third-order valence-electron chi connectivity index (χ3n) is 17.5. The number of likely N-dealkylation sites (N-methyl/N-ethyl adjacent to an activating group) is 1. The molecule has 12 atom stereocenters. The molecule has 1 saturated carbocycles. The summed E-state index contributed by atoms with van der Waals surface area (Å²) in [4.78, 5) is 54.0. The zero-order valence-electron chi connectivity index (χ0n) is 40.6. The number of aromatic nitrogens is 1. The van der Waals surface area contributed by atoms with Gasteiger partial charge in [-0.1, -0.05) is 32.1 Å². The summed E-state index contributed by atoms with van der Waals surface area (Å²) in [5, 5.41) is 30.2. The maximum absolute atomic E-state index is 15.7. The summed E-state index contributed by atoms with van der Waals surface area (Å²) in [5.74, 6) is -1.92. The van der Waals surface area contributed by atoms with E-state index in [4.69, 9.17) is 23.7 Å². The van der Waals surface area contributed by atoms with Crippen LogP contribution in [0.3, 0.4) is 0 Å². The average molecular weight is 934 g/mol. The zero-order chi connectivity index (χ0) is 48.1. The van der Waals surface area contributed by atoms with Gasteiger partial charge in [0, 0.05) is 104 Å². The second kappa shape index (κ2) is 16.8. The molecule has 0 amide bonds. The number of carbonyl (C=O) groups is 3. The lowest BCUT2D eigenvalue weighted by Crippen LogP contribution is -2.79. The molecule has 4 N–H and O–H groups in total. The first-order chi connectivity index (χ1) is 32.6. The third-order valence-corrected chi connectivity index (χ3v) is 17.5. The van der Waals surface area contributed by atoms with Crippen molar-refractivity contribution in [2.75, 3.05) is 73.5 Å². The van der Waals surface area contributed by atoms with E-state index in [0.717, 1.165) is 50.6 Å². The van der Waals surface area contributed by atoms with E-state index in [-0.39, 0.29) is 12.0 Å². The van der Waals surface area contributed by atoms with Crippen LogP contribution in [0.25, 0.3) is 10.9 Å². The standard InChI is InChI=1S/C53H67N5O10/c1-9-49(62)27-32-28-52(47(60)66-7,43-36(18-22-57(29-32)30-49)37-24-34(14-17-40(37)55-43)54-33-12-15-35(64-5)16-13-33)39-25-38-41(26-42(39)65-6)56(4)45-51(38)20-23-58-21-11-19-50(10-2,44(51)58)46(68-31(3)59)53(45,63)48(61)67-8/h11-17,19,24-26,32,39,42,44-46,54-55,62-63H,9-10,18,20-23,27-30H2,1-8H3/t32-,39?,42?,44+,45-,46-,49+,50-,51-,52+,53+/m1/s1. The van der Waals surface area contributed by atoms with Crippen molar-refractivity contribution in [2.24, 2.45) is 22.7 Å². The summed E-state index contributed by atoms with van der Waals surface area (Å²) in [6.07, 6.45) is 9.48. The van der Waals surface area contributed by atoms with Crippen LogP contribution < -0.4 is 10.1 Å². The molecule has 1 aromatic heterocycles. The van der Waals surface area contributed by atoms with Crippen molar-refractivity contribution >= 4 is 40.2 Å². The van der Waals surface area contributed by atoms with Crippen LogP contribution in [0.15, 0.2) is 78.0 Å². The molecule has 0 radical (unpaired) electrons. The number of allylic oxidation sites excluding steroid dienone is 1. The van der Waals surface area contributed by atoms with Gasteiger partial charge in [0.1, 0.15) is 11.2 Å². The van der Waals surface area contributed by atoms with Gasteiger partial charge in [-0.2, -0.15) is 0 Å². The number of piperidine rings is 1. The Morgan fingerprint density at radius 3 is 2.34 bits per heavy atom. The van der Waals surface area contributed by atoms with E-state index in [1.807, 2.05) is 56.1 Å². The summed E-state index contributed by atoms with van der Waals surface area (Å²) in [7, 11) is 7.90. The highest BCUT2D eigenvalue weighted by Crippen LogP contribution is 2.70. The smallest absolute Gasteiger partial charge is 0.344 e. The van der Waals surface area contributed by atoms with Crippen molar-refractivity contribution in [3.63, 3.8) is 0 Å². The Bertz CT molecular complexity index is 2610. The van der Waals surface area contributed by atoms with Crippen molar-refractivity contribution in [3.8, 4) is 5.75 Å². The first-order valence-electron chi connectivity index (χ1n) is 24.3. The van der Waals surface area contributed by atoms with Crippen LogP contribution in [0.5, 0.6) is 5.75 Å². The van der Waals surface area contributed by atoms with Crippen LogP contribution in [0.1, 0.15) is 64.1 Å². The molecular formula is C53H67N5O10. The van der Waals surface area contributed by atoms with Gasteiger partial charge in [-0.25, -0.2) is 4.79 Å². The molecule has 3 aromatic rings. The van der Waals surface area contributed by atoms with Gasteiger partial charge in [0.2, 0.25) is 5.60 Å². The first kappa shape index (κ1) is 46.5. The normalized spacial score (nSPS) is 37.0. The fraction of sp³-hybridized carbons (Fsp3) is 0.566. The van der Waals surface area contributed by atoms with Gasteiger partial charge in [0.05, 0.1) is 39.1 Å². The first-order valence-corrected chi connectivity index (χ1v) is 24.3. The number of fused-ring (bicyclic) bond motifs is 6. The van der Waals surface area contributed by atoms with Crippen LogP contribution in [0.4, 0.5) is 11.4 Å². The Morgan fingerprint density at radius 2 is 1.66 bits per heavy atom. The van der Waals surface area contributed by atoms with Gasteiger partial charge in [-0.15, -0.1) is 0 Å². The van der Waals surface area contributed by atoms with Gasteiger partial charge in [-0.3, -0.25) is 19.4 Å². The number of aromatic amines is 1. The van der Waals surface area contributed by atoms with E-state index in [9.17, 15) is 19.8 Å². The quantitative estimate of drug-likeness (QED) is 0.116. The Labute approximate surface area is 398 Å². The van der Waals surface area contributed by atoms with Crippen LogP contribution in [0, 0.1) is 22.7 Å². The van der Waals surface area contributed by atoms with Crippen LogP contribution in [-0.2, 0) is 45.2 Å². The minimum atomic E-state index is -2.31. The van der Waals surface area contributed by atoms with Crippen molar-refractivity contribution in [3.05, 3.63) is 89.3 Å². The molecular weight excluding hydrogens is 867 g/mol. The van der Waals surface area contributed by atoms with Crippen molar-refractivity contribution in [2.45, 2.75) is 100 Å². The van der Waals surface area contributed by atoms with Crippen LogP contribution in [0.2, 0.25) is 0 Å². The highest BCUT2D eigenvalue weighted by molar-refractivity contribution is 5.93. The molecule has 4 fully saturated rings. The lowest BCUT2D eigenvalue weighted by atomic mass is 9.47. The van der Waals surface area contributed by atoms with E-state index in [0.29, 0.717) is 71.2 Å². The number of hydrogen-bond acceptors (Lipinski definition) is 14. The predicted octanol–water partition coefficient (Wildman–Crippen LogP) is 5.39. The fourth-order valence-corrected chi connectivity index (χ4v) is 14.9. The van der Waals surface area contributed by atoms with Crippen molar-refractivity contribution < 1.29 is 48.3 Å². The van der Waals surface area contributed by atoms with E-state index in [1.165, 1.54) is 21.1 Å². The number of hydrogen-bond donors (Lipinski definition) is 4. The molecule has 15 heteroatoms. The number of nitrogens with one attached hydrogen (secondary N) is 2. The molecule has 2 aromatic carbocycles. The second-order valence-electron chi connectivity index (χ2n) is 20.6. The summed E-state index contributed by atoms with van der Waals surface area (Å²) in [6, 6.07) is 12.8. The maximum Gasteiger partial charge on any atom is 0.344 e. The predicted molar refractivity (Wildman–Crippen MR) is 255 cm³/mol. The Hall–Kier alpha value is -5.19. The van der Waals surface area contributed by atoms with Crippen LogP contribution >= 0.6 is 0 Å². The molecule has 7 aliphatic rings. The third kappa shape index (κ3) is 6.51. The highest BCUT2D eigenvalue weighted by atomic mass is 16.6. The van der Waals surface area contributed by atoms with Gasteiger partial charge >= 0.3 is 17.9 Å². The molecule has 2 bridgehead atoms. The lowest BCUT2D eigenvalue weighted by Gasteiger charge is -2.63. The minimum Gasteiger partial charge on any atom is -0.497 e. The monoisotopic (exact) mass is 933 g/mol. The summed E-state index contributed by atoms with van der Waals surface area (Å²) in [6.45, 7) is 8.55. The average Bonchev–Trinajstić information content (AvgIpc) is 4.00. The number of ether oxygens (including phenoxy) is 5. The molecule has 5 aliphatic heterocycles. The van der Waals surface area contributed by atoms with E-state index in [2.05, 4.69) is 56.5 Å². The molecule has 1 spiro atoms. The minimum absolute atomic E-state index is 0.113. The molecule has 2 aliphatic carbocycles. The number of aliphatic hydroxyl groups is 2. The summed E-state index contributed by atoms with van der Waals surface area (Å²) in [5.41, 5.74) is -0.465. The Morgan fingerprint density at radius 1 is 0.912 bits per heavy atom. The fourth-order valence-electron chi connectivity index (χ4n) is 14.9. The van der Waals surface area contributed by atoms with E-state index in [1.54, 1.807) is 14.2 Å². The summed E-state index contributed by atoms with van der Waals surface area (Å²) < 4.78 is 29.8. The molecule has 3 saturated heterocycles. The Balaban J connectivity index is 1.22. The highest BCUT2D eigenvalue weighted by Gasteiger charge is 2.81. The zero-order valence-corrected chi connectivity index (χ0v) is 40.6. The van der Waals surface area contributed by atoms with Gasteiger partial charge in [0.15, 0.2) is 6.10 Å². The van der Waals surface area contributed by atoms with Crippen molar-refractivity contribution in [1.29, 1.82) is 0 Å². The van der Waals surface area contributed by atoms with Crippen molar-refractivity contribution in [1.82, 2.24) is 19.7 Å². The molecule has 15 nitrogen and oxygen atoms in total. The SMILES string of the molecule is CC[C@]1(O)C[C@H]2CN(CCc3c([nH]c4ccc(Nc5ccc(OC)cc5)cc34)[C@@](C(=O)OC)(C3C=C4C(=CC3OC)N(C)[C@H]3[C@@](O)(C(=O)OC)[C@H](OC(C)=O)[C@]5(CC)C=CCN6CC[C@]43[C@@H]65)C2)C1. The number of carbonyl (C=O) groups excluding carboxylic acids is 3. The topological polar surface area (TPSA) is 175 Å². The lowest BCUT2D eigenvalue weighted by molar-refractivity contribution is -0.243. The number of anilines is 2. The van der Waals surface area contributed by atoms with E-state index >= 15 is 4.79 Å². The molecule has 3 unspecified atom stereocenters. The van der Waals surface area contributed by atoms with Gasteiger partial charge in [-0.05, 0) is 111 Å². The number of esters is 3. The van der Waals surface area contributed by atoms with Crippen LogP contribution in [-0.4, -0.2) is 152 Å². The second-order valence-corrected chi connectivity index (χ2v) is 20.6. The van der Waals surface area contributed by atoms with E-state index < -0.39 is 69.5 Å². The summed E-state index contributed by atoms with van der Waals surface area (Å²) >= 11 is 0. The molecule has 364 valence electrons. The number of methoxy groups -OCH3 is 4. The Kier molecular flexibility index (Phi) is 11.5. The number of nitrogens with zero attached hydrogens (tertiary/aromatic N) is 3.